The van der Waals surface area contributed by atoms with E-state index >= 15 is 0 Å². The SMILES string of the molecule is C[C@H](CN1CC(=O)NC(=O)C1)N(CCO)CC(N)=O. The van der Waals surface area contributed by atoms with Gasteiger partial charge in [-0.3, -0.25) is 29.5 Å². The van der Waals surface area contributed by atoms with Gasteiger partial charge in [-0.25, -0.2) is 0 Å². The Bertz CT molecular complexity index is 345. The predicted molar refractivity (Wildman–Crippen MR) is 66.9 cm³/mol. The number of rotatable bonds is 7. The van der Waals surface area contributed by atoms with Crippen LogP contribution < -0.4 is 11.1 Å². The number of nitrogens with one attached hydrogen (secondary N) is 1. The van der Waals surface area contributed by atoms with Crippen LogP contribution in [0.5, 0.6) is 0 Å². The second-order valence-corrected chi connectivity index (χ2v) is 4.65. The molecule has 8 heteroatoms. The Hall–Kier alpha value is -1.51. The lowest BCUT2D eigenvalue weighted by atomic mass is 10.2. The number of carbonyl (C=O) groups excluding carboxylic acids is 3. The van der Waals surface area contributed by atoms with E-state index in [-0.39, 0.29) is 44.1 Å². The molecule has 1 atom stereocenters. The van der Waals surface area contributed by atoms with Crippen molar-refractivity contribution in [1.29, 1.82) is 0 Å². The summed E-state index contributed by atoms with van der Waals surface area (Å²) >= 11 is 0. The Morgan fingerprint density at radius 3 is 2.53 bits per heavy atom. The summed E-state index contributed by atoms with van der Waals surface area (Å²) in [4.78, 5) is 36.9. The molecule has 0 radical (unpaired) electrons. The van der Waals surface area contributed by atoms with Gasteiger partial charge in [0, 0.05) is 19.1 Å². The maximum Gasteiger partial charge on any atom is 0.240 e. The number of aliphatic hydroxyl groups excluding tert-OH is 1. The molecule has 1 saturated heterocycles. The van der Waals surface area contributed by atoms with Gasteiger partial charge in [-0.2, -0.15) is 0 Å². The Balaban J connectivity index is 2.54. The van der Waals surface area contributed by atoms with Crippen molar-refractivity contribution in [2.24, 2.45) is 5.73 Å². The number of hydrogen-bond acceptors (Lipinski definition) is 6. The van der Waals surface area contributed by atoms with Crippen LogP contribution in [0.25, 0.3) is 0 Å². The van der Waals surface area contributed by atoms with Crippen LogP contribution in [-0.2, 0) is 14.4 Å². The molecule has 0 spiro atoms. The molecule has 108 valence electrons. The molecule has 0 aromatic rings. The average Bonchev–Trinajstić information content (AvgIpc) is 2.26. The number of primary amides is 1. The molecule has 0 aliphatic carbocycles. The Morgan fingerprint density at radius 1 is 1.47 bits per heavy atom. The lowest BCUT2D eigenvalue weighted by Crippen LogP contribution is -2.55. The highest BCUT2D eigenvalue weighted by Crippen LogP contribution is 2.03. The van der Waals surface area contributed by atoms with Crippen LogP contribution in [0.4, 0.5) is 0 Å². The lowest BCUT2D eigenvalue weighted by molar-refractivity contribution is -0.136. The molecule has 0 saturated carbocycles. The number of carbonyl (C=O) groups is 3. The van der Waals surface area contributed by atoms with E-state index in [0.717, 1.165) is 0 Å². The Labute approximate surface area is 111 Å². The smallest absolute Gasteiger partial charge is 0.240 e. The highest BCUT2D eigenvalue weighted by Gasteiger charge is 2.25. The van der Waals surface area contributed by atoms with Gasteiger partial charge in [0.2, 0.25) is 17.7 Å². The van der Waals surface area contributed by atoms with Crippen LogP contribution in [0.2, 0.25) is 0 Å². The summed E-state index contributed by atoms with van der Waals surface area (Å²) in [5.74, 6) is -1.13. The van der Waals surface area contributed by atoms with Crippen molar-refractivity contribution in [1.82, 2.24) is 15.1 Å². The van der Waals surface area contributed by atoms with Crippen LogP contribution in [0.1, 0.15) is 6.92 Å². The number of nitrogens with two attached hydrogens (primary N) is 1. The summed E-state index contributed by atoms with van der Waals surface area (Å²) < 4.78 is 0. The molecule has 8 nitrogen and oxygen atoms in total. The summed E-state index contributed by atoms with van der Waals surface area (Å²) in [5, 5.41) is 11.2. The molecule has 0 bridgehead atoms. The van der Waals surface area contributed by atoms with Gasteiger partial charge in [-0.15, -0.1) is 0 Å². The number of piperazine rings is 1. The summed E-state index contributed by atoms with van der Waals surface area (Å²) in [6, 6.07) is -0.0988. The van der Waals surface area contributed by atoms with Crippen LogP contribution in [0.15, 0.2) is 0 Å². The third-order valence-corrected chi connectivity index (χ3v) is 2.91. The van der Waals surface area contributed by atoms with Gasteiger partial charge < -0.3 is 10.8 Å². The molecule has 0 unspecified atom stereocenters. The molecule has 1 fully saturated rings. The highest BCUT2D eigenvalue weighted by molar-refractivity contribution is 5.99. The molecule has 0 aromatic carbocycles. The fourth-order valence-corrected chi connectivity index (χ4v) is 2.10. The van der Waals surface area contributed by atoms with Crippen molar-refractivity contribution in [3.8, 4) is 0 Å². The highest BCUT2D eigenvalue weighted by atomic mass is 16.3. The van der Waals surface area contributed by atoms with Crippen molar-refractivity contribution < 1.29 is 19.5 Å². The van der Waals surface area contributed by atoms with Gasteiger partial charge in [0.05, 0.1) is 26.2 Å². The summed E-state index contributed by atoms with van der Waals surface area (Å²) in [6.45, 7) is 2.88. The Kier molecular flexibility index (Phi) is 5.87. The van der Waals surface area contributed by atoms with Crippen LogP contribution in [-0.4, -0.2) is 78.0 Å². The van der Waals surface area contributed by atoms with Gasteiger partial charge in [0.25, 0.3) is 0 Å². The molecule has 1 aliphatic rings. The quantitative estimate of drug-likeness (QED) is 0.429. The van der Waals surface area contributed by atoms with Gasteiger partial charge in [-0.1, -0.05) is 0 Å². The van der Waals surface area contributed by atoms with Crippen molar-refractivity contribution in [3.63, 3.8) is 0 Å². The second kappa shape index (κ2) is 7.17. The first-order valence-electron chi connectivity index (χ1n) is 6.10. The zero-order valence-corrected chi connectivity index (χ0v) is 11.0. The summed E-state index contributed by atoms with van der Waals surface area (Å²) in [6.07, 6.45) is 0. The number of aliphatic hydroxyl groups is 1. The third-order valence-electron chi connectivity index (χ3n) is 2.91. The van der Waals surface area contributed by atoms with Crippen molar-refractivity contribution in [2.45, 2.75) is 13.0 Å². The molecule has 0 aromatic heterocycles. The summed E-state index contributed by atoms with van der Waals surface area (Å²) in [7, 11) is 0. The first-order valence-corrected chi connectivity index (χ1v) is 6.10. The van der Waals surface area contributed by atoms with Crippen molar-refractivity contribution in [2.75, 3.05) is 39.3 Å². The zero-order chi connectivity index (χ0) is 14.4. The molecule has 1 heterocycles. The normalized spacial score (nSPS) is 18.5. The molecule has 1 aliphatic heterocycles. The van der Waals surface area contributed by atoms with Crippen LogP contribution in [0, 0.1) is 0 Å². The van der Waals surface area contributed by atoms with E-state index in [4.69, 9.17) is 10.8 Å². The molecular formula is C11H20N4O4. The van der Waals surface area contributed by atoms with E-state index in [1.54, 1.807) is 9.80 Å². The van der Waals surface area contributed by atoms with E-state index in [2.05, 4.69) is 5.32 Å². The number of imide groups is 1. The fourth-order valence-electron chi connectivity index (χ4n) is 2.10. The van der Waals surface area contributed by atoms with Gasteiger partial charge in [0.1, 0.15) is 0 Å². The van der Waals surface area contributed by atoms with E-state index in [9.17, 15) is 14.4 Å². The Morgan fingerprint density at radius 2 is 2.05 bits per heavy atom. The number of amides is 3. The minimum atomic E-state index is -0.479. The minimum absolute atomic E-state index is 0.0374. The molecule has 19 heavy (non-hydrogen) atoms. The molecular weight excluding hydrogens is 252 g/mol. The molecule has 1 rings (SSSR count). The van der Waals surface area contributed by atoms with Gasteiger partial charge in [0.15, 0.2) is 0 Å². The topological polar surface area (TPSA) is 116 Å². The summed E-state index contributed by atoms with van der Waals surface area (Å²) in [5.41, 5.74) is 5.14. The third kappa shape index (κ3) is 5.33. The maximum atomic E-state index is 11.2. The maximum absolute atomic E-state index is 11.2. The van der Waals surface area contributed by atoms with E-state index in [0.29, 0.717) is 13.1 Å². The van der Waals surface area contributed by atoms with Gasteiger partial charge >= 0.3 is 0 Å². The zero-order valence-electron chi connectivity index (χ0n) is 11.0. The standard InChI is InChI=1S/C11H20N4O4/c1-8(15(2-3-16)5-9(12)17)4-14-6-10(18)13-11(19)7-14/h8,16H,2-7H2,1H3,(H2,12,17)(H,13,18,19)/t8-/m1/s1. The van der Waals surface area contributed by atoms with E-state index in [1.165, 1.54) is 0 Å². The number of nitrogens with zero attached hydrogens (tertiary/aromatic N) is 2. The first kappa shape index (κ1) is 15.5. The predicted octanol–water partition coefficient (Wildman–Crippen LogP) is -2.89. The van der Waals surface area contributed by atoms with Crippen molar-refractivity contribution in [3.05, 3.63) is 0 Å². The lowest BCUT2D eigenvalue weighted by Gasteiger charge is -2.33. The monoisotopic (exact) mass is 272 g/mol. The molecule has 4 N–H and O–H groups in total. The minimum Gasteiger partial charge on any atom is -0.395 e. The number of hydrogen-bond donors (Lipinski definition) is 3. The van der Waals surface area contributed by atoms with E-state index < -0.39 is 5.91 Å². The van der Waals surface area contributed by atoms with Crippen molar-refractivity contribution >= 4 is 17.7 Å². The van der Waals surface area contributed by atoms with Gasteiger partial charge in [-0.05, 0) is 6.92 Å². The average molecular weight is 272 g/mol. The molecule has 3 amide bonds. The fraction of sp³-hybridized carbons (Fsp3) is 0.727. The van der Waals surface area contributed by atoms with E-state index in [1.807, 2.05) is 6.92 Å². The first-order chi connectivity index (χ1) is 8.92. The van der Waals surface area contributed by atoms with Crippen LogP contribution in [0.3, 0.4) is 0 Å². The van der Waals surface area contributed by atoms with Crippen LogP contribution >= 0.6 is 0 Å². The largest absolute Gasteiger partial charge is 0.395 e. The second-order valence-electron chi connectivity index (χ2n) is 4.65.